The van der Waals surface area contributed by atoms with Crippen LogP contribution in [-0.2, 0) is 6.61 Å². The summed E-state index contributed by atoms with van der Waals surface area (Å²) in [5.74, 6) is 1.33. The first-order chi connectivity index (χ1) is 10.8. The Morgan fingerprint density at radius 2 is 1.73 bits per heavy atom. The highest BCUT2D eigenvalue weighted by Crippen LogP contribution is 2.33. The van der Waals surface area contributed by atoms with Crippen molar-refractivity contribution in [1.29, 1.82) is 0 Å². The summed E-state index contributed by atoms with van der Waals surface area (Å²) < 4.78 is 10.6. The number of ether oxygens (including phenoxy) is 2. The van der Waals surface area contributed by atoms with Gasteiger partial charge >= 0.3 is 0 Å². The fourth-order valence-corrected chi connectivity index (χ4v) is 2.52. The lowest BCUT2D eigenvalue weighted by Gasteiger charge is -2.11. The molecule has 4 nitrogen and oxygen atoms in total. The maximum absolute atomic E-state index is 9.62. The van der Waals surface area contributed by atoms with Crippen LogP contribution >= 0.6 is 0 Å². The minimum Gasteiger partial charge on any atom is -0.493 e. The van der Waals surface area contributed by atoms with Crippen molar-refractivity contribution >= 4 is 10.9 Å². The Labute approximate surface area is 129 Å². The summed E-state index contributed by atoms with van der Waals surface area (Å²) in [6.45, 7) is -0.0245. The van der Waals surface area contributed by atoms with Crippen LogP contribution in [0.5, 0.6) is 11.5 Å². The number of aromatic nitrogens is 1. The van der Waals surface area contributed by atoms with Gasteiger partial charge in [-0.25, -0.2) is 4.98 Å². The largest absolute Gasteiger partial charge is 0.493 e. The van der Waals surface area contributed by atoms with Gasteiger partial charge in [0, 0.05) is 10.9 Å². The lowest BCUT2D eigenvalue weighted by molar-refractivity contribution is 0.283. The predicted molar refractivity (Wildman–Crippen MR) is 86.2 cm³/mol. The number of rotatable bonds is 4. The van der Waals surface area contributed by atoms with Crippen molar-refractivity contribution in [1.82, 2.24) is 4.98 Å². The SMILES string of the molecule is COc1ccc(-c2cc(CO)c3ccccc3n2)cc1OC. The predicted octanol–water partition coefficient (Wildman–Crippen LogP) is 3.41. The lowest BCUT2D eigenvalue weighted by atomic mass is 10.0. The Balaban J connectivity index is 2.17. The van der Waals surface area contributed by atoms with Crippen LogP contribution in [0.15, 0.2) is 48.5 Å². The van der Waals surface area contributed by atoms with Gasteiger partial charge in [-0.15, -0.1) is 0 Å². The molecule has 3 aromatic rings. The highest BCUT2D eigenvalue weighted by Gasteiger charge is 2.10. The van der Waals surface area contributed by atoms with E-state index in [0.717, 1.165) is 27.7 Å². The zero-order valence-electron chi connectivity index (χ0n) is 12.5. The zero-order valence-corrected chi connectivity index (χ0v) is 12.5. The molecule has 1 heterocycles. The fourth-order valence-electron chi connectivity index (χ4n) is 2.52. The number of aliphatic hydroxyl groups excluding tert-OH is 1. The number of methoxy groups -OCH3 is 2. The number of hydrogen-bond acceptors (Lipinski definition) is 4. The topological polar surface area (TPSA) is 51.6 Å². The van der Waals surface area contributed by atoms with Gasteiger partial charge in [-0.1, -0.05) is 18.2 Å². The van der Waals surface area contributed by atoms with Crippen molar-refractivity contribution in [3.8, 4) is 22.8 Å². The van der Waals surface area contributed by atoms with E-state index in [2.05, 4.69) is 4.98 Å². The van der Waals surface area contributed by atoms with E-state index in [0.29, 0.717) is 11.5 Å². The van der Waals surface area contributed by atoms with Gasteiger partial charge in [0.25, 0.3) is 0 Å². The van der Waals surface area contributed by atoms with Crippen molar-refractivity contribution in [3.63, 3.8) is 0 Å². The molecule has 0 aliphatic rings. The van der Waals surface area contributed by atoms with E-state index >= 15 is 0 Å². The number of fused-ring (bicyclic) bond motifs is 1. The number of benzene rings is 2. The molecule has 0 fully saturated rings. The molecule has 22 heavy (non-hydrogen) atoms. The van der Waals surface area contributed by atoms with Gasteiger partial charge in [0.05, 0.1) is 32.0 Å². The summed E-state index contributed by atoms with van der Waals surface area (Å²) in [5, 5.41) is 10.6. The second-order valence-electron chi connectivity index (χ2n) is 4.91. The molecule has 112 valence electrons. The van der Waals surface area contributed by atoms with Crippen molar-refractivity contribution in [2.75, 3.05) is 14.2 Å². The first-order valence-electron chi connectivity index (χ1n) is 6.98. The van der Waals surface area contributed by atoms with Crippen molar-refractivity contribution in [3.05, 3.63) is 54.1 Å². The maximum atomic E-state index is 9.62. The van der Waals surface area contributed by atoms with Gasteiger partial charge in [0.1, 0.15) is 0 Å². The molecular weight excluding hydrogens is 278 g/mol. The van der Waals surface area contributed by atoms with Crippen LogP contribution in [0.4, 0.5) is 0 Å². The van der Waals surface area contributed by atoms with Crippen LogP contribution in [0, 0.1) is 0 Å². The fraction of sp³-hybridized carbons (Fsp3) is 0.167. The van der Waals surface area contributed by atoms with Gasteiger partial charge in [-0.3, -0.25) is 0 Å². The van der Waals surface area contributed by atoms with Gasteiger partial charge in [-0.05, 0) is 35.9 Å². The van der Waals surface area contributed by atoms with E-state index in [1.807, 2.05) is 48.5 Å². The van der Waals surface area contributed by atoms with Crippen LogP contribution in [0.1, 0.15) is 5.56 Å². The normalized spacial score (nSPS) is 10.7. The molecule has 0 spiro atoms. The van der Waals surface area contributed by atoms with Crippen molar-refractivity contribution in [2.45, 2.75) is 6.61 Å². The van der Waals surface area contributed by atoms with E-state index in [-0.39, 0.29) is 6.61 Å². The van der Waals surface area contributed by atoms with Crippen LogP contribution in [0.2, 0.25) is 0 Å². The van der Waals surface area contributed by atoms with Gasteiger partial charge < -0.3 is 14.6 Å². The third-order valence-electron chi connectivity index (χ3n) is 3.65. The summed E-state index contributed by atoms with van der Waals surface area (Å²) in [6, 6.07) is 15.4. The average Bonchev–Trinajstić information content (AvgIpc) is 2.60. The highest BCUT2D eigenvalue weighted by atomic mass is 16.5. The second-order valence-corrected chi connectivity index (χ2v) is 4.91. The van der Waals surface area contributed by atoms with E-state index in [1.54, 1.807) is 14.2 Å². The third kappa shape index (κ3) is 2.49. The summed E-state index contributed by atoms with van der Waals surface area (Å²) >= 11 is 0. The molecule has 3 rings (SSSR count). The first kappa shape index (κ1) is 14.4. The minimum absolute atomic E-state index is 0.0245. The van der Waals surface area contributed by atoms with E-state index in [4.69, 9.17) is 9.47 Å². The van der Waals surface area contributed by atoms with Crippen molar-refractivity contribution in [2.24, 2.45) is 0 Å². The molecule has 0 unspecified atom stereocenters. The molecule has 0 amide bonds. The maximum Gasteiger partial charge on any atom is 0.161 e. The number of hydrogen-bond donors (Lipinski definition) is 1. The van der Waals surface area contributed by atoms with E-state index in [9.17, 15) is 5.11 Å². The Hall–Kier alpha value is -2.59. The monoisotopic (exact) mass is 295 g/mol. The van der Waals surface area contributed by atoms with Gasteiger partial charge in [0.15, 0.2) is 11.5 Å². The second kappa shape index (κ2) is 6.03. The Kier molecular flexibility index (Phi) is 3.94. The van der Waals surface area contributed by atoms with Crippen LogP contribution < -0.4 is 9.47 Å². The lowest BCUT2D eigenvalue weighted by Crippen LogP contribution is -1.94. The van der Waals surface area contributed by atoms with Crippen LogP contribution in [0.25, 0.3) is 22.2 Å². The number of para-hydroxylation sites is 1. The average molecular weight is 295 g/mol. The molecule has 0 bridgehead atoms. The number of aliphatic hydroxyl groups is 1. The molecule has 0 saturated heterocycles. The number of nitrogens with zero attached hydrogens (tertiary/aromatic N) is 1. The van der Waals surface area contributed by atoms with Crippen LogP contribution in [-0.4, -0.2) is 24.3 Å². The quantitative estimate of drug-likeness (QED) is 0.801. The molecule has 1 N–H and O–H groups in total. The standard InChI is InChI=1S/C18H17NO3/c1-21-17-8-7-12(10-18(17)22-2)16-9-13(11-20)14-5-3-4-6-15(14)19-16/h3-10,20H,11H2,1-2H3. The minimum atomic E-state index is -0.0245. The molecule has 0 atom stereocenters. The Morgan fingerprint density at radius 1 is 0.955 bits per heavy atom. The third-order valence-corrected chi connectivity index (χ3v) is 3.65. The molecule has 4 heteroatoms. The highest BCUT2D eigenvalue weighted by molar-refractivity contribution is 5.85. The van der Waals surface area contributed by atoms with Gasteiger partial charge in [0.2, 0.25) is 0 Å². The summed E-state index contributed by atoms with van der Waals surface area (Å²) in [5.41, 5.74) is 3.43. The van der Waals surface area contributed by atoms with Gasteiger partial charge in [-0.2, -0.15) is 0 Å². The molecule has 2 aromatic carbocycles. The first-order valence-corrected chi connectivity index (χ1v) is 6.98. The molecule has 0 saturated carbocycles. The molecule has 1 aromatic heterocycles. The summed E-state index contributed by atoms with van der Waals surface area (Å²) in [4.78, 5) is 4.68. The number of pyridine rings is 1. The molecule has 0 aliphatic heterocycles. The molecular formula is C18H17NO3. The van der Waals surface area contributed by atoms with Crippen LogP contribution in [0.3, 0.4) is 0 Å². The smallest absolute Gasteiger partial charge is 0.161 e. The Bertz CT molecular complexity index is 815. The van der Waals surface area contributed by atoms with Crippen molar-refractivity contribution < 1.29 is 14.6 Å². The molecule has 0 aliphatic carbocycles. The Morgan fingerprint density at radius 3 is 2.45 bits per heavy atom. The zero-order chi connectivity index (χ0) is 15.5. The van der Waals surface area contributed by atoms with E-state index < -0.39 is 0 Å². The molecule has 0 radical (unpaired) electrons. The summed E-state index contributed by atoms with van der Waals surface area (Å²) in [6.07, 6.45) is 0. The summed E-state index contributed by atoms with van der Waals surface area (Å²) in [7, 11) is 3.21. The van der Waals surface area contributed by atoms with E-state index in [1.165, 1.54) is 0 Å².